The van der Waals surface area contributed by atoms with Gasteiger partial charge >= 0.3 is 0 Å². The molecule has 0 atom stereocenters. The number of hydrogen-bond acceptors (Lipinski definition) is 4. The Morgan fingerprint density at radius 3 is 1.94 bits per heavy atom. The molecule has 0 spiro atoms. The molecule has 1 aliphatic heterocycles. The fraction of sp³-hybridized carbons (Fsp3) is 0.367. The van der Waals surface area contributed by atoms with Crippen molar-refractivity contribution in [2.24, 2.45) is 0 Å². The van der Waals surface area contributed by atoms with Crippen LogP contribution in [0.3, 0.4) is 0 Å². The van der Waals surface area contributed by atoms with E-state index in [9.17, 15) is 0 Å². The van der Waals surface area contributed by atoms with E-state index in [1.54, 1.807) is 6.33 Å². The van der Waals surface area contributed by atoms with E-state index in [4.69, 9.17) is 0 Å². The van der Waals surface area contributed by atoms with Crippen molar-refractivity contribution in [3.05, 3.63) is 101 Å². The van der Waals surface area contributed by atoms with Crippen LogP contribution in [0, 0.1) is 0 Å². The molecule has 0 fully saturated rings. The molecular weight excluding hydrogens is 416 g/mol. The van der Waals surface area contributed by atoms with Crippen LogP contribution >= 0.6 is 0 Å². The van der Waals surface area contributed by atoms with E-state index in [1.807, 2.05) is 36.8 Å². The van der Waals surface area contributed by atoms with Crippen molar-refractivity contribution in [3.8, 4) is 0 Å². The van der Waals surface area contributed by atoms with Crippen LogP contribution in [-0.2, 0) is 13.1 Å². The molecular formula is C30H38N4. The molecule has 34 heavy (non-hydrogen) atoms. The number of fused-ring (bicyclic) bond motifs is 2. The minimum absolute atomic E-state index is 0.534. The fourth-order valence-corrected chi connectivity index (χ4v) is 3.69. The SMILES string of the molecule is CC(C)c1ccc2c(c1)CNC2.CC(C)c1cnc2ccccc2c1.CC(C)c1cncnc1. The first kappa shape index (κ1) is 25.5. The van der Waals surface area contributed by atoms with Gasteiger partial charge in [0, 0.05) is 37.1 Å². The summed E-state index contributed by atoms with van der Waals surface area (Å²) in [6.07, 6.45) is 7.20. The number of para-hydroxylation sites is 1. The van der Waals surface area contributed by atoms with E-state index in [1.165, 1.54) is 33.2 Å². The number of nitrogens with one attached hydrogen (secondary N) is 1. The zero-order valence-electron chi connectivity index (χ0n) is 21.4. The molecule has 0 aliphatic carbocycles. The Kier molecular flexibility index (Phi) is 9.29. The van der Waals surface area contributed by atoms with E-state index in [-0.39, 0.29) is 0 Å². The highest BCUT2D eigenvalue weighted by Gasteiger charge is 2.10. The average molecular weight is 455 g/mol. The molecule has 0 radical (unpaired) electrons. The van der Waals surface area contributed by atoms with Gasteiger partial charge in [-0.25, -0.2) is 9.97 Å². The lowest BCUT2D eigenvalue weighted by Gasteiger charge is -2.06. The Labute approximate surface area is 204 Å². The maximum atomic E-state index is 4.40. The van der Waals surface area contributed by atoms with E-state index in [0.717, 1.165) is 18.6 Å². The summed E-state index contributed by atoms with van der Waals surface area (Å²) in [5.74, 6) is 1.74. The molecule has 4 heteroatoms. The Bertz CT molecular complexity index is 1170. The molecule has 1 aliphatic rings. The van der Waals surface area contributed by atoms with Crippen molar-refractivity contribution in [2.45, 2.75) is 72.4 Å². The van der Waals surface area contributed by atoms with Gasteiger partial charge in [0.05, 0.1) is 5.52 Å². The lowest BCUT2D eigenvalue weighted by molar-refractivity contribution is 0.764. The second kappa shape index (κ2) is 12.4. The van der Waals surface area contributed by atoms with E-state index in [0.29, 0.717) is 17.8 Å². The average Bonchev–Trinajstić information content (AvgIpc) is 3.33. The Morgan fingerprint density at radius 2 is 1.29 bits per heavy atom. The fourth-order valence-electron chi connectivity index (χ4n) is 3.69. The number of benzene rings is 2. The van der Waals surface area contributed by atoms with Gasteiger partial charge in [-0.15, -0.1) is 0 Å². The smallest absolute Gasteiger partial charge is 0.115 e. The lowest BCUT2D eigenvalue weighted by atomic mass is 9.99. The standard InChI is InChI=1S/C12H13N.C11H15N.C7H10N2/c1-9(2)11-7-10-5-3-4-6-12(10)13-8-11;1-8(2)9-3-4-10-6-12-7-11(10)5-9;1-6(2)7-3-8-5-9-4-7/h3-9H,1-2H3;3-5,8,12H,6-7H2,1-2H3;3-6H,1-2H3. The van der Waals surface area contributed by atoms with Gasteiger partial charge < -0.3 is 5.32 Å². The summed E-state index contributed by atoms with van der Waals surface area (Å²) in [6.45, 7) is 15.2. The first-order chi connectivity index (χ1) is 16.3. The summed E-state index contributed by atoms with van der Waals surface area (Å²) in [5, 5.41) is 4.58. The van der Waals surface area contributed by atoms with Crippen LogP contribution in [0.2, 0.25) is 0 Å². The summed E-state index contributed by atoms with van der Waals surface area (Å²) in [6, 6.07) is 17.3. The third-order valence-corrected chi connectivity index (χ3v) is 6.05. The molecule has 178 valence electrons. The van der Waals surface area contributed by atoms with Gasteiger partial charge in [-0.2, -0.15) is 0 Å². The Balaban J connectivity index is 0.000000146. The van der Waals surface area contributed by atoms with Crippen molar-refractivity contribution >= 4 is 10.9 Å². The first-order valence-electron chi connectivity index (χ1n) is 12.3. The van der Waals surface area contributed by atoms with Gasteiger partial charge in [0.2, 0.25) is 0 Å². The molecule has 0 amide bonds. The van der Waals surface area contributed by atoms with Gasteiger partial charge in [0.15, 0.2) is 0 Å². The van der Waals surface area contributed by atoms with Crippen molar-refractivity contribution in [1.82, 2.24) is 20.3 Å². The van der Waals surface area contributed by atoms with Crippen LogP contribution in [0.5, 0.6) is 0 Å². The first-order valence-corrected chi connectivity index (χ1v) is 12.3. The zero-order valence-corrected chi connectivity index (χ0v) is 21.4. The summed E-state index contributed by atoms with van der Waals surface area (Å²) >= 11 is 0. The third kappa shape index (κ3) is 7.19. The maximum Gasteiger partial charge on any atom is 0.115 e. The zero-order chi connectivity index (χ0) is 24.5. The molecule has 2 aromatic heterocycles. The van der Waals surface area contributed by atoms with Crippen molar-refractivity contribution in [1.29, 1.82) is 0 Å². The minimum Gasteiger partial charge on any atom is -0.309 e. The number of aromatic nitrogens is 3. The maximum absolute atomic E-state index is 4.40. The van der Waals surface area contributed by atoms with Crippen molar-refractivity contribution < 1.29 is 0 Å². The Morgan fingerprint density at radius 1 is 0.647 bits per heavy atom. The van der Waals surface area contributed by atoms with E-state index >= 15 is 0 Å². The van der Waals surface area contributed by atoms with E-state index in [2.05, 4.69) is 92.1 Å². The molecule has 0 saturated heterocycles. The minimum atomic E-state index is 0.534. The molecule has 5 rings (SSSR count). The predicted octanol–water partition coefficient (Wildman–Crippen LogP) is 7.37. The molecule has 4 aromatic rings. The largest absolute Gasteiger partial charge is 0.309 e. The molecule has 4 nitrogen and oxygen atoms in total. The summed E-state index contributed by atoms with van der Waals surface area (Å²) in [5.41, 5.74) is 7.99. The lowest BCUT2D eigenvalue weighted by Crippen LogP contribution is -1.99. The van der Waals surface area contributed by atoms with Crippen LogP contribution in [0.1, 0.15) is 87.1 Å². The molecule has 2 aromatic carbocycles. The number of hydrogen-bond donors (Lipinski definition) is 1. The van der Waals surface area contributed by atoms with Gasteiger partial charge in [-0.1, -0.05) is 77.9 Å². The third-order valence-electron chi connectivity index (χ3n) is 6.05. The Hall–Kier alpha value is -3.11. The molecule has 0 unspecified atom stereocenters. The summed E-state index contributed by atoms with van der Waals surface area (Å²) in [7, 11) is 0. The normalized spacial score (nSPS) is 12.3. The quantitative estimate of drug-likeness (QED) is 0.351. The van der Waals surface area contributed by atoms with Crippen molar-refractivity contribution in [3.63, 3.8) is 0 Å². The van der Waals surface area contributed by atoms with Gasteiger partial charge in [-0.3, -0.25) is 4.98 Å². The second-order valence-electron chi connectivity index (χ2n) is 9.73. The summed E-state index contributed by atoms with van der Waals surface area (Å²) < 4.78 is 0. The highest BCUT2D eigenvalue weighted by molar-refractivity contribution is 5.78. The number of rotatable bonds is 3. The highest BCUT2D eigenvalue weighted by atomic mass is 14.9. The van der Waals surface area contributed by atoms with Crippen molar-refractivity contribution in [2.75, 3.05) is 0 Å². The van der Waals surface area contributed by atoms with Crippen LogP contribution in [0.25, 0.3) is 10.9 Å². The molecule has 1 N–H and O–H groups in total. The molecule has 3 heterocycles. The van der Waals surface area contributed by atoms with Gasteiger partial charge in [0.25, 0.3) is 0 Å². The highest BCUT2D eigenvalue weighted by Crippen LogP contribution is 2.22. The molecule has 0 bridgehead atoms. The predicted molar refractivity (Wildman–Crippen MR) is 143 cm³/mol. The monoisotopic (exact) mass is 454 g/mol. The van der Waals surface area contributed by atoms with E-state index < -0.39 is 0 Å². The second-order valence-corrected chi connectivity index (χ2v) is 9.73. The van der Waals surface area contributed by atoms with Crippen LogP contribution in [0.15, 0.2) is 73.4 Å². The van der Waals surface area contributed by atoms with Gasteiger partial charge in [-0.05, 0) is 57.7 Å². The number of pyridine rings is 1. The van der Waals surface area contributed by atoms with Crippen LogP contribution in [-0.4, -0.2) is 15.0 Å². The topological polar surface area (TPSA) is 50.7 Å². The van der Waals surface area contributed by atoms with Crippen LogP contribution < -0.4 is 5.32 Å². The number of nitrogens with zero attached hydrogens (tertiary/aromatic N) is 3. The van der Waals surface area contributed by atoms with Crippen LogP contribution in [0.4, 0.5) is 0 Å². The summed E-state index contributed by atoms with van der Waals surface area (Å²) in [4.78, 5) is 12.2. The molecule has 0 saturated carbocycles. The van der Waals surface area contributed by atoms with Gasteiger partial charge in [0.1, 0.15) is 6.33 Å².